The van der Waals surface area contributed by atoms with E-state index < -0.39 is 6.04 Å². The number of carbonyl (C=O) groups excluding carboxylic acids is 1. The first kappa shape index (κ1) is 18.5. The Balaban J connectivity index is 1.75. The molecule has 0 aliphatic carbocycles. The van der Waals surface area contributed by atoms with Crippen LogP contribution in [0.3, 0.4) is 0 Å². The summed E-state index contributed by atoms with van der Waals surface area (Å²) in [6, 6.07) is 20.2. The van der Waals surface area contributed by atoms with Gasteiger partial charge in [0, 0.05) is 11.6 Å². The Labute approximate surface area is 176 Å². The van der Waals surface area contributed by atoms with Crippen LogP contribution >= 0.6 is 11.6 Å². The molecule has 148 valence electrons. The fraction of sp³-hybridized carbons (Fsp3) is 0.0833. The SMILES string of the molecule is O=C1c2oc3ccc(Cl)cc3c(=O)c2C(c2cccc(O)c2)N1Cc1ccccc1. The lowest BCUT2D eigenvalue weighted by Crippen LogP contribution is -2.29. The molecule has 1 unspecified atom stereocenters. The van der Waals surface area contributed by atoms with E-state index in [-0.39, 0.29) is 28.4 Å². The molecule has 5 rings (SSSR count). The molecule has 5 nitrogen and oxygen atoms in total. The molecule has 6 heteroatoms. The molecule has 1 N–H and O–H groups in total. The molecule has 0 saturated carbocycles. The number of phenolic OH excluding ortho intramolecular Hbond substituents is 1. The van der Waals surface area contributed by atoms with E-state index in [0.29, 0.717) is 28.1 Å². The number of phenols is 1. The van der Waals surface area contributed by atoms with Crippen LogP contribution in [0, 0.1) is 0 Å². The molecule has 0 spiro atoms. The lowest BCUT2D eigenvalue weighted by molar-refractivity contribution is 0.0714. The van der Waals surface area contributed by atoms with Crippen molar-refractivity contribution in [2.45, 2.75) is 12.6 Å². The number of nitrogens with zero attached hydrogens (tertiary/aromatic N) is 1. The van der Waals surface area contributed by atoms with Crippen molar-refractivity contribution in [2.24, 2.45) is 0 Å². The summed E-state index contributed by atoms with van der Waals surface area (Å²) in [6.45, 7) is 0.292. The summed E-state index contributed by atoms with van der Waals surface area (Å²) in [7, 11) is 0. The van der Waals surface area contributed by atoms with Gasteiger partial charge in [0.1, 0.15) is 11.3 Å². The van der Waals surface area contributed by atoms with Crippen LogP contribution in [0.1, 0.15) is 33.3 Å². The van der Waals surface area contributed by atoms with Gasteiger partial charge in [-0.15, -0.1) is 0 Å². The first-order valence-corrected chi connectivity index (χ1v) is 9.81. The summed E-state index contributed by atoms with van der Waals surface area (Å²) in [4.78, 5) is 28.4. The van der Waals surface area contributed by atoms with Crippen LogP contribution < -0.4 is 5.43 Å². The standard InChI is InChI=1S/C24H16ClNO4/c25-16-9-10-19-18(12-16)22(28)20-21(15-7-4-8-17(27)11-15)26(24(29)23(20)30-19)13-14-5-2-1-3-6-14/h1-12,21,27H,13H2. The second kappa shape index (κ2) is 7.04. The summed E-state index contributed by atoms with van der Waals surface area (Å²) >= 11 is 6.09. The Morgan fingerprint density at radius 1 is 0.967 bits per heavy atom. The predicted molar refractivity (Wildman–Crippen MR) is 114 cm³/mol. The van der Waals surface area contributed by atoms with Crippen LogP contribution in [0.15, 0.2) is 82.0 Å². The van der Waals surface area contributed by atoms with Gasteiger partial charge in [-0.2, -0.15) is 0 Å². The third kappa shape index (κ3) is 2.95. The average molecular weight is 418 g/mol. The van der Waals surface area contributed by atoms with Crippen molar-refractivity contribution in [2.75, 3.05) is 0 Å². The van der Waals surface area contributed by atoms with Crippen molar-refractivity contribution in [3.8, 4) is 5.75 Å². The second-order valence-electron chi connectivity index (χ2n) is 7.23. The minimum absolute atomic E-state index is 0.0269. The molecule has 1 aliphatic heterocycles. The molecule has 0 fully saturated rings. The van der Waals surface area contributed by atoms with Crippen LogP contribution in [0.5, 0.6) is 5.75 Å². The first-order valence-electron chi connectivity index (χ1n) is 9.43. The molecule has 30 heavy (non-hydrogen) atoms. The highest BCUT2D eigenvalue weighted by Crippen LogP contribution is 2.40. The Kier molecular flexibility index (Phi) is 4.33. The van der Waals surface area contributed by atoms with Crippen LogP contribution in [0.25, 0.3) is 11.0 Å². The molecular weight excluding hydrogens is 402 g/mol. The molecule has 1 atom stereocenters. The molecule has 3 aromatic carbocycles. The van der Waals surface area contributed by atoms with E-state index in [1.54, 1.807) is 47.4 Å². The smallest absolute Gasteiger partial charge is 0.291 e. The Morgan fingerprint density at radius 2 is 1.77 bits per heavy atom. The van der Waals surface area contributed by atoms with Crippen LogP contribution in [0.2, 0.25) is 5.02 Å². The van der Waals surface area contributed by atoms with E-state index in [1.165, 1.54) is 0 Å². The van der Waals surface area contributed by atoms with E-state index in [4.69, 9.17) is 16.0 Å². The normalized spacial score (nSPS) is 15.6. The summed E-state index contributed by atoms with van der Waals surface area (Å²) in [6.07, 6.45) is 0. The van der Waals surface area contributed by atoms with Gasteiger partial charge in [0.05, 0.1) is 17.0 Å². The Bertz CT molecular complexity index is 1350. The molecule has 1 aliphatic rings. The highest BCUT2D eigenvalue weighted by atomic mass is 35.5. The van der Waals surface area contributed by atoms with Crippen molar-refractivity contribution in [1.82, 2.24) is 4.90 Å². The predicted octanol–water partition coefficient (Wildman–Crippen LogP) is 4.90. The fourth-order valence-electron chi connectivity index (χ4n) is 3.98. The zero-order valence-electron chi connectivity index (χ0n) is 15.7. The molecule has 0 saturated heterocycles. The number of hydrogen-bond acceptors (Lipinski definition) is 4. The summed E-state index contributed by atoms with van der Waals surface area (Å²) in [5.74, 6) is -0.281. The van der Waals surface area contributed by atoms with E-state index in [9.17, 15) is 14.7 Å². The van der Waals surface area contributed by atoms with Crippen molar-refractivity contribution < 1.29 is 14.3 Å². The number of amides is 1. The monoisotopic (exact) mass is 417 g/mol. The van der Waals surface area contributed by atoms with Gasteiger partial charge < -0.3 is 14.4 Å². The summed E-state index contributed by atoms with van der Waals surface area (Å²) < 4.78 is 5.89. The largest absolute Gasteiger partial charge is 0.508 e. The number of fused-ring (bicyclic) bond motifs is 2. The van der Waals surface area contributed by atoms with Crippen molar-refractivity contribution in [3.63, 3.8) is 0 Å². The molecule has 4 aromatic rings. The summed E-state index contributed by atoms with van der Waals surface area (Å²) in [5, 5.41) is 10.7. The maximum absolute atomic E-state index is 13.4. The van der Waals surface area contributed by atoms with Crippen LogP contribution in [0.4, 0.5) is 0 Å². The highest BCUT2D eigenvalue weighted by molar-refractivity contribution is 6.31. The minimum atomic E-state index is -0.681. The molecule has 1 amide bonds. The number of halogens is 1. The Morgan fingerprint density at radius 3 is 2.53 bits per heavy atom. The Hall–Kier alpha value is -3.57. The van der Waals surface area contributed by atoms with Gasteiger partial charge in [0.2, 0.25) is 5.76 Å². The second-order valence-corrected chi connectivity index (χ2v) is 7.67. The van der Waals surface area contributed by atoms with E-state index in [0.717, 1.165) is 5.56 Å². The molecule has 2 heterocycles. The zero-order chi connectivity index (χ0) is 20.8. The van der Waals surface area contributed by atoms with Gasteiger partial charge >= 0.3 is 0 Å². The summed E-state index contributed by atoms with van der Waals surface area (Å²) in [5.41, 5.74) is 1.82. The fourth-order valence-corrected chi connectivity index (χ4v) is 4.15. The van der Waals surface area contributed by atoms with Gasteiger partial charge in [0.15, 0.2) is 5.43 Å². The minimum Gasteiger partial charge on any atom is -0.508 e. The number of hydrogen-bond donors (Lipinski definition) is 1. The van der Waals surface area contributed by atoms with Crippen molar-refractivity contribution in [1.29, 1.82) is 0 Å². The maximum atomic E-state index is 13.4. The van der Waals surface area contributed by atoms with E-state index in [2.05, 4.69) is 0 Å². The topological polar surface area (TPSA) is 70.8 Å². The zero-order valence-corrected chi connectivity index (χ0v) is 16.5. The van der Waals surface area contributed by atoms with E-state index >= 15 is 0 Å². The quantitative estimate of drug-likeness (QED) is 0.514. The van der Waals surface area contributed by atoms with Crippen molar-refractivity contribution in [3.05, 3.63) is 110 Å². The van der Waals surface area contributed by atoms with Gasteiger partial charge in [-0.05, 0) is 41.5 Å². The number of rotatable bonds is 3. The lowest BCUT2D eigenvalue weighted by atomic mass is 9.98. The van der Waals surface area contributed by atoms with Gasteiger partial charge in [-0.25, -0.2) is 0 Å². The number of benzene rings is 3. The number of carbonyl (C=O) groups is 1. The molecular formula is C24H16ClNO4. The highest BCUT2D eigenvalue weighted by Gasteiger charge is 2.42. The average Bonchev–Trinajstić information content (AvgIpc) is 3.02. The van der Waals surface area contributed by atoms with Crippen molar-refractivity contribution >= 4 is 28.5 Å². The third-order valence-electron chi connectivity index (χ3n) is 5.31. The lowest BCUT2D eigenvalue weighted by Gasteiger charge is -2.25. The van der Waals surface area contributed by atoms with Gasteiger partial charge in [-0.3, -0.25) is 9.59 Å². The van der Waals surface area contributed by atoms with Crippen LogP contribution in [-0.2, 0) is 6.54 Å². The van der Waals surface area contributed by atoms with E-state index in [1.807, 2.05) is 30.3 Å². The molecule has 0 radical (unpaired) electrons. The van der Waals surface area contributed by atoms with Gasteiger partial charge in [-0.1, -0.05) is 54.1 Å². The molecule has 0 bridgehead atoms. The van der Waals surface area contributed by atoms with Crippen LogP contribution in [-0.4, -0.2) is 15.9 Å². The first-order chi connectivity index (χ1) is 14.5. The number of aromatic hydroxyl groups is 1. The van der Waals surface area contributed by atoms with Gasteiger partial charge in [0.25, 0.3) is 5.91 Å². The third-order valence-corrected chi connectivity index (χ3v) is 5.54. The maximum Gasteiger partial charge on any atom is 0.291 e. The molecule has 1 aromatic heterocycles.